The van der Waals surface area contributed by atoms with Crippen molar-refractivity contribution < 1.29 is 4.74 Å². The monoisotopic (exact) mass is 324 g/mol. The normalized spacial score (nSPS) is 18.3. The Balaban J connectivity index is 2.02. The van der Waals surface area contributed by atoms with Crippen molar-refractivity contribution in [3.05, 3.63) is 21.4 Å². The molecule has 1 aliphatic rings. The third-order valence-electron chi connectivity index (χ3n) is 4.59. The molecule has 1 fully saturated rings. The van der Waals surface area contributed by atoms with Crippen molar-refractivity contribution in [2.75, 3.05) is 7.11 Å². The molecule has 1 aliphatic carbocycles. The van der Waals surface area contributed by atoms with Crippen molar-refractivity contribution in [2.24, 2.45) is 5.92 Å². The lowest BCUT2D eigenvalue weighted by Crippen LogP contribution is -2.20. The predicted molar refractivity (Wildman–Crippen MR) is 88.2 cm³/mol. The van der Waals surface area contributed by atoms with E-state index < -0.39 is 0 Å². The van der Waals surface area contributed by atoms with Gasteiger partial charge in [0.05, 0.1) is 5.39 Å². The Hall–Kier alpha value is -0.710. The molecule has 3 nitrogen and oxygen atoms in total. The molecule has 21 heavy (non-hydrogen) atoms. The summed E-state index contributed by atoms with van der Waals surface area (Å²) in [6.45, 7) is 4.19. The molecule has 0 spiro atoms. The molecule has 5 heteroatoms. The van der Waals surface area contributed by atoms with Gasteiger partial charge in [-0.25, -0.2) is 9.97 Å². The number of fused-ring (bicyclic) bond motifs is 1. The third kappa shape index (κ3) is 2.81. The minimum atomic E-state index is -0.0325. The molecule has 0 amide bonds. The van der Waals surface area contributed by atoms with Crippen molar-refractivity contribution in [3.63, 3.8) is 0 Å². The summed E-state index contributed by atoms with van der Waals surface area (Å²) in [5.41, 5.74) is 1.19. The summed E-state index contributed by atoms with van der Waals surface area (Å²) in [7, 11) is 1.76. The molecule has 1 atom stereocenters. The van der Waals surface area contributed by atoms with Gasteiger partial charge in [0.25, 0.3) is 0 Å². The highest BCUT2D eigenvalue weighted by atomic mass is 35.5. The Morgan fingerprint density at radius 2 is 1.90 bits per heavy atom. The van der Waals surface area contributed by atoms with Crippen molar-refractivity contribution in [1.29, 1.82) is 0 Å². The fourth-order valence-corrected chi connectivity index (χ4v) is 4.70. The molecule has 0 aromatic carbocycles. The van der Waals surface area contributed by atoms with Crippen LogP contribution < -0.4 is 0 Å². The molecule has 1 unspecified atom stereocenters. The number of aryl methyl sites for hydroxylation is 2. The van der Waals surface area contributed by atoms with E-state index in [1.807, 2.05) is 0 Å². The molecule has 0 aliphatic heterocycles. The second-order valence-electron chi connectivity index (χ2n) is 5.89. The van der Waals surface area contributed by atoms with Gasteiger partial charge in [-0.1, -0.05) is 30.9 Å². The number of rotatable bonds is 3. The number of aromatic nitrogens is 2. The van der Waals surface area contributed by atoms with Gasteiger partial charge in [-0.15, -0.1) is 11.3 Å². The number of methoxy groups -OCH3 is 1. The molecule has 3 rings (SSSR count). The first-order chi connectivity index (χ1) is 10.1. The highest BCUT2D eigenvalue weighted by molar-refractivity contribution is 7.18. The maximum absolute atomic E-state index is 6.42. The Morgan fingerprint density at radius 1 is 1.19 bits per heavy atom. The highest BCUT2D eigenvalue weighted by Gasteiger charge is 2.28. The molecular weight excluding hydrogens is 304 g/mol. The van der Waals surface area contributed by atoms with Crippen LogP contribution in [0.4, 0.5) is 0 Å². The largest absolute Gasteiger partial charge is 0.373 e. The van der Waals surface area contributed by atoms with E-state index in [1.54, 1.807) is 18.4 Å². The number of nitrogens with zero attached hydrogens (tertiary/aromatic N) is 2. The van der Waals surface area contributed by atoms with Gasteiger partial charge in [-0.05, 0) is 38.2 Å². The van der Waals surface area contributed by atoms with E-state index in [4.69, 9.17) is 21.3 Å². The van der Waals surface area contributed by atoms with E-state index in [-0.39, 0.29) is 6.10 Å². The zero-order chi connectivity index (χ0) is 15.0. The van der Waals surface area contributed by atoms with E-state index in [0.717, 1.165) is 16.0 Å². The minimum absolute atomic E-state index is 0.0325. The van der Waals surface area contributed by atoms with Gasteiger partial charge in [0.2, 0.25) is 0 Å². The second kappa shape index (κ2) is 6.19. The van der Waals surface area contributed by atoms with E-state index in [1.165, 1.54) is 42.5 Å². The molecule has 0 saturated heterocycles. The number of ether oxygens (including phenoxy) is 1. The average molecular weight is 325 g/mol. The van der Waals surface area contributed by atoms with E-state index in [9.17, 15) is 0 Å². The zero-order valence-corrected chi connectivity index (χ0v) is 14.4. The summed E-state index contributed by atoms with van der Waals surface area (Å²) in [5, 5.41) is 1.57. The van der Waals surface area contributed by atoms with Crippen LogP contribution in [0.3, 0.4) is 0 Å². The maximum atomic E-state index is 6.42. The third-order valence-corrected chi connectivity index (χ3v) is 5.96. The molecule has 114 valence electrons. The predicted octanol–water partition coefficient (Wildman–Crippen LogP) is 5.23. The van der Waals surface area contributed by atoms with Crippen molar-refractivity contribution in [2.45, 2.75) is 52.1 Å². The lowest BCUT2D eigenvalue weighted by molar-refractivity contribution is 0.0292. The van der Waals surface area contributed by atoms with E-state index >= 15 is 0 Å². The number of thiophene rings is 1. The van der Waals surface area contributed by atoms with E-state index in [2.05, 4.69) is 18.8 Å². The van der Waals surface area contributed by atoms with E-state index in [0.29, 0.717) is 11.1 Å². The number of halogens is 1. The van der Waals surface area contributed by atoms with Crippen LogP contribution in [0.5, 0.6) is 0 Å². The molecule has 1 saturated carbocycles. The Bertz CT molecular complexity index is 649. The summed E-state index contributed by atoms with van der Waals surface area (Å²) in [6.07, 6.45) is 6.24. The second-order valence-corrected chi connectivity index (χ2v) is 7.45. The summed E-state index contributed by atoms with van der Waals surface area (Å²) < 4.78 is 5.74. The first-order valence-electron chi connectivity index (χ1n) is 7.57. The molecule has 2 heterocycles. The minimum Gasteiger partial charge on any atom is -0.373 e. The smallest absolute Gasteiger partial charge is 0.160 e. The fourth-order valence-electron chi connectivity index (χ4n) is 3.29. The lowest BCUT2D eigenvalue weighted by Gasteiger charge is -2.28. The van der Waals surface area contributed by atoms with Crippen LogP contribution in [0.1, 0.15) is 54.5 Å². The van der Waals surface area contributed by atoms with Crippen LogP contribution in [0, 0.1) is 19.8 Å². The quantitative estimate of drug-likeness (QED) is 0.725. The van der Waals surface area contributed by atoms with Crippen LogP contribution in [-0.2, 0) is 4.74 Å². The Kier molecular flexibility index (Phi) is 4.48. The van der Waals surface area contributed by atoms with Gasteiger partial charge >= 0.3 is 0 Å². The van der Waals surface area contributed by atoms with Crippen LogP contribution >= 0.6 is 22.9 Å². The number of hydrogen-bond acceptors (Lipinski definition) is 4. The van der Waals surface area contributed by atoms with Gasteiger partial charge in [0, 0.05) is 12.0 Å². The Labute approximate surface area is 134 Å². The first-order valence-corrected chi connectivity index (χ1v) is 8.77. The Morgan fingerprint density at radius 3 is 2.57 bits per heavy atom. The van der Waals surface area contributed by atoms with Crippen LogP contribution in [0.15, 0.2) is 0 Å². The molecule has 2 aromatic rings. The summed E-state index contributed by atoms with van der Waals surface area (Å²) in [6, 6.07) is 0. The van der Waals surface area contributed by atoms with Crippen molar-refractivity contribution >= 4 is 33.2 Å². The van der Waals surface area contributed by atoms with Gasteiger partial charge in [0.1, 0.15) is 16.1 Å². The van der Waals surface area contributed by atoms with Gasteiger partial charge in [-0.2, -0.15) is 0 Å². The van der Waals surface area contributed by atoms with Crippen LogP contribution in [0.2, 0.25) is 5.15 Å². The lowest BCUT2D eigenvalue weighted by atomic mass is 9.85. The topological polar surface area (TPSA) is 35.0 Å². The average Bonchev–Trinajstić information content (AvgIpc) is 2.76. The first kappa shape index (κ1) is 15.2. The van der Waals surface area contributed by atoms with Crippen LogP contribution in [-0.4, -0.2) is 17.1 Å². The number of hydrogen-bond donors (Lipinski definition) is 0. The summed E-state index contributed by atoms with van der Waals surface area (Å²) >= 11 is 8.11. The summed E-state index contributed by atoms with van der Waals surface area (Å²) in [5.74, 6) is 1.27. The molecular formula is C16H21ClN2OS. The van der Waals surface area contributed by atoms with Crippen molar-refractivity contribution in [1.82, 2.24) is 9.97 Å². The standard InChI is InChI=1S/C16H21ClN2OS/c1-9-10(2)21-16-12(9)14(17)18-15(19-16)13(20-3)11-7-5-4-6-8-11/h11,13H,4-8H2,1-3H3. The molecule has 0 bridgehead atoms. The van der Waals surface area contributed by atoms with Crippen LogP contribution in [0.25, 0.3) is 10.2 Å². The highest BCUT2D eigenvalue weighted by Crippen LogP contribution is 2.38. The molecule has 0 radical (unpaired) electrons. The van der Waals surface area contributed by atoms with Gasteiger partial charge < -0.3 is 4.74 Å². The molecule has 2 aromatic heterocycles. The SMILES string of the molecule is COC(c1nc(Cl)c2c(C)c(C)sc2n1)C1CCCCC1. The summed E-state index contributed by atoms with van der Waals surface area (Å²) in [4.78, 5) is 11.6. The van der Waals surface area contributed by atoms with Crippen molar-refractivity contribution in [3.8, 4) is 0 Å². The zero-order valence-electron chi connectivity index (χ0n) is 12.8. The maximum Gasteiger partial charge on any atom is 0.160 e. The fraction of sp³-hybridized carbons (Fsp3) is 0.625. The van der Waals surface area contributed by atoms with Gasteiger partial charge in [-0.3, -0.25) is 0 Å². The van der Waals surface area contributed by atoms with Gasteiger partial charge in [0.15, 0.2) is 5.82 Å². The molecule has 0 N–H and O–H groups in total.